The summed E-state index contributed by atoms with van der Waals surface area (Å²) >= 11 is 0. The van der Waals surface area contributed by atoms with Gasteiger partial charge in [0.15, 0.2) is 0 Å². The van der Waals surface area contributed by atoms with Crippen LogP contribution in [0.4, 0.5) is 0 Å². The molecule has 2 heterocycles. The number of sulfonamides is 1. The molecule has 0 unspecified atom stereocenters. The highest BCUT2D eigenvalue weighted by molar-refractivity contribution is 7.89. The van der Waals surface area contributed by atoms with Crippen molar-refractivity contribution >= 4 is 10.0 Å². The van der Waals surface area contributed by atoms with E-state index in [1.165, 1.54) is 6.07 Å². The molecular formula is C12H16N2O4S. The summed E-state index contributed by atoms with van der Waals surface area (Å²) in [5.74, 6) is 1.52. The van der Waals surface area contributed by atoms with Gasteiger partial charge in [0, 0.05) is 19.0 Å². The lowest BCUT2D eigenvalue weighted by Gasteiger charge is -2.04. The molecule has 0 fully saturated rings. The van der Waals surface area contributed by atoms with Crippen LogP contribution in [0.15, 0.2) is 38.2 Å². The first-order chi connectivity index (χ1) is 9.03. The maximum Gasteiger partial charge on any atom is 0.244 e. The van der Waals surface area contributed by atoms with Gasteiger partial charge in [-0.1, -0.05) is 0 Å². The van der Waals surface area contributed by atoms with Gasteiger partial charge in [0.05, 0.1) is 12.8 Å². The van der Waals surface area contributed by atoms with Gasteiger partial charge in [-0.25, -0.2) is 13.1 Å². The number of rotatable bonds is 6. The summed E-state index contributed by atoms with van der Waals surface area (Å²) in [4.78, 5) is 0.132. The SMILES string of the molecule is Cc1oc(CN)cc1S(=O)(=O)NCCc1ccco1. The van der Waals surface area contributed by atoms with Crippen LogP contribution in [0.1, 0.15) is 17.3 Å². The number of furan rings is 2. The van der Waals surface area contributed by atoms with E-state index in [2.05, 4.69) is 4.72 Å². The van der Waals surface area contributed by atoms with Crippen molar-refractivity contribution in [3.63, 3.8) is 0 Å². The summed E-state index contributed by atoms with van der Waals surface area (Å²) < 4.78 is 37.0. The van der Waals surface area contributed by atoms with Gasteiger partial charge in [-0.3, -0.25) is 0 Å². The zero-order chi connectivity index (χ0) is 13.9. The highest BCUT2D eigenvalue weighted by atomic mass is 32.2. The van der Waals surface area contributed by atoms with Crippen LogP contribution in [0.5, 0.6) is 0 Å². The molecule has 0 saturated heterocycles. The molecule has 0 bridgehead atoms. The van der Waals surface area contributed by atoms with Crippen molar-refractivity contribution in [1.29, 1.82) is 0 Å². The van der Waals surface area contributed by atoms with Crippen LogP contribution in [0.3, 0.4) is 0 Å². The highest BCUT2D eigenvalue weighted by Gasteiger charge is 2.20. The first-order valence-electron chi connectivity index (χ1n) is 5.84. The minimum atomic E-state index is -3.57. The molecule has 0 aromatic carbocycles. The lowest BCUT2D eigenvalue weighted by molar-refractivity contribution is 0.478. The van der Waals surface area contributed by atoms with E-state index in [9.17, 15) is 8.42 Å². The Bertz CT molecular complexity index is 629. The predicted molar refractivity (Wildman–Crippen MR) is 68.9 cm³/mol. The summed E-state index contributed by atoms with van der Waals surface area (Å²) in [6, 6.07) is 5.01. The second kappa shape index (κ2) is 5.60. The molecule has 104 valence electrons. The summed E-state index contributed by atoms with van der Waals surface area (Å²) in [7, 11) is -3.57. The van der Waals surface area contributed by atoms with Gasteiger partial charge in [0.25, 0.3) is 0 Å². The van der Waals surface area contributed by atoms with E-state index in [4.69, 9.17) is 14.6 Å². The van der Waals surface area contributed by atoms with Crippen molar-refractivity contribution in [3.8, 4) is 0 Å². The number of hydrogen-bond acceptors (Lipinski definition) is 5. The molecule has 0 aliphatic heterocycles. The summed E-state index contributed by atoms with van der Waals surface area (Å²) in [5.41, 5.74) is 5.42. The number of aryl methyl sites for hydroxylation is 1. The molecule has 2 rings (SSSR count). The van der Waals surface area contributed by atoms with Crippen LogP contribution in [0.2, 0.25) is 0 Å². The highest BCUT2D eigenvalue weighted by Crippen LogP contribution is 2.19. The van der Waals surface area contributed by atoms with Crippen LogP contribution in [0.25, 0.3) is 0 Å². The molecule has 19 heavy (non-hydrogen) atoms. The van der Waals surface area contributed by atoms with Crippen molar-refractivity contribution in [2.75, 3.05) is 6.54 Å². The fourth-order valence-electron chi connectivity index (χ4n) is 1.73. The molecule has 0 aliphatic carbocycles. The van der Waals surface area contributed by atoms with Crippen molar-refractivity contribution in [2.24, 2.45) is 5.73 Å². The van der Waals surface area contributed by atoms with E-state index in [1.807, 2.05) is 0 Å². The van der Waals surface area contributed by atoms with E-state index in [0.29, 0.717) is 17.9 Å². The molecule has 0 aliphatic rings. The van der Waals surface area contributed by atoms with Gasteiger partial charge in [-0.15, -0.1) is 0 Å². The zero-order valence-electron chi connectivity index (χ0n) is 10.5. The maximum absolute atomic E-state index is 12.1. The molecule has 0 spiro atoms. The van der Waals surface area contributed by atoms with Crippen LogP contribution in [-0.2, 0) is 23.0 Å². The Labute approximate surface area is 111 Å². The molecule has 3 N–H and O–H groups in total. The molecule has 2 aromatic heterocycles. The average molecular weight is 284 g/mol. The van der Waals surface area contributed by atoms with Crippen molar-refractivity contribution < 1.29 is 17.3 Å². The zero-order valence-corrected chi connectivity index (χ0v) is 11.4. The summed E-state index contributed by atoms with van der Waals surface area (Å²) in [6.45, 7) is 2.03. The number of hydrogen-bond donors (Lipinski definition) is 2. The average Bonchev–Trinajstić information content (AvgIpc) is 2.98. The largest absolute Gasteiger partial charge is 0.469 e. The maximum atomic E-state index is 12.1. The second-order valence-electron chi connectivity index (χ2n) is 4.06. The van der Waals surface area contributed by atoms with Crippen LogP contribution < -0.4 is 10.5 Å². The lowest BCUT2D eigenvalue weighted by Crippen LogP contribution is -2.26. The number of nitrogens with two attached hydrogens (primary N) is 1. The standard InChI is InChI=1S/C12H16N2O4S/c1-9-12(7-11(8-13)18-9)19(15,16)14-5-4-10-3-2-6-17-10/h2-3,6-7,14H,4-5,8,13H2,1H3. The molecule has 7 heteroatoms. The third kappa shape index (κ3) is 3.25. The van der Waals surface area contributed by atoms with E-state index < -0.39 is 10.0 Å². The monoisotopic (exact) mass is 284 g/mol. The fraction of sp³-hybridized carbons (Fsp3) is 0.333. The minimum Gasteiger partial charge on any atom is -0.469 e. The summed E-state index contributed by atoms with van der Waals surface area (Å²) in [5, 5.41) is 0. The Kier molecular flexibility index (Phi) is 4.08. The Balaban J connectivity index is 2.03. The smallest absolute Gasteiger partial charge is 0.244 e. The number of nitrogens with one attached hydrogen (secondary N) is 1. The normalized spacial score (nSPS) is 11.9. The molecule has 0 saturated carbocycles. The third-order valence-corrected chi connectivity index (χ3v) is 4.23. The van der Waals surface area contributed by atoms with Gasteiger partial charge >= 0.3 is 0 Å². The molecule has 2 aromatic rings. The van der Waals surface area contributed by atoms with E-state index in [-0.39, 0.29) is 18.0 Å². The van der Waals surface area contributed by atoms with E-state index in [0.717, 1.165) is 5.76 Å². The Morgan fingerprint density at radius 1 is 1.37 bits per heavy atom. The quantitative estimate of drug-likeness (QED) is 0.829. The van der Waals surface area contributed by atoms with Gasteiger partial charge in [-0.05, 0) is 19.1 Å². The second-order valence-corrected chi connectivity index (χ2v) is 5.80. The van der Waals surface area contributed by atoms with Crippen LogP contribution in [0, 0.1) is 6.92 Å². The lowest BCUT2D eigenvalue weighted by atomic mass is 10.3. The van der Waals surface area contributed by atoms with Gasteiger partial charge in [0.1, 0.15) is 22.2 Å². The van der Waals surface area contributed by atoms with Crippen LogP contribution in [-0.4, -0.2) is 15.0 Å². The van der Waals surface area contributed by atoms with Crippen molar-refractivity contribution in [2.45, 2.75) is 24.8 Å². The van der Waals surface area contributed by atoms with Crippen molar-refractivity contribution in [3.05, 3.63) is 41.7 Å². The fourth-order valence-corrected chi connectivity index (χ4v) is 2.97. The first kappa shape index (κ1) is 13.9. The Hall–Kier alpha value is -1.57. The topological polar surface area (TPSA) is 98.5 Å². The molecule has 6 nitrogen and oxygen atoms in total. The van der Waals surface area contributed by atoms with Gasteiger partial charge in [0.2, 0.25) is 10.0 Å². The van der Waals surface area contributed by atoms with E-state index >= 15 is 0 Å². The molecule has 0 amide bonds. The van der Waals surface area contributed by atoms with Gasteiger partial charge < -0.3 is 14.6 Å². The molecule has 0 atom stereocenters. The molecular weight excluding hydrogens is 268 g/mol. The predicted octanol–water partition coefficient (Wildman–Crippen LogP) is 1.16. The van der Waals surface area contributed by atoms with Crippen LogP contribution >= 0.6 is 0 Å². The Morgan fingerprint density at radius 3 is 2.74 bits per heavy atom. The Morgan fingerprint density at radius 2 is 2.16 bits per heavy atom. The van der Waals surface area contributed by atoms with Crippen molar-refractivity contribution in [1.82, 2.24) is 4.72 Å². The summed E-state index contributed by atoms with van der Waals surface area (Å²) in [6.07, 6.45) is 2.05. The third-order valence-electron chi connectivity index (χ3n) is 2.66. The van der Waals surface area contributed by atoms with Gasteiger partial charge in [-0.2, -0.15) is 0 Å². The van der Waals surface area contributed by atoms with E-state index in [1.54, 1.807) is 25.3 Å². The minimum absolute atomic E-state index is 0.132. The first-order valence-corrected chi connectivity index (χ1v) is 7.32. The molecule has 0 radical (unpaired) electrons.